The van der Waals surface area contributed by atoms with Crippen molar-refractivity contribution in [2.75, 3.05) is 14.2 Å². The van der Waals surface area contributed by atoms with Gasteiger partial charge in [-0.05, 0) is 12.1 Å². The maximum absolute atomic E-state index is 12.9. The fourth-order valence-corrected chi connectivity index (χ4v) is 2.73. The Morgan fingerprint density at radius 1 is 1.26 bits per heavy atom. The van der Waals surface area contributed by atoms with Crippen LogP contribution in [0.5, 0.6) is 0 Å². The minimum atomic E-state index is -4.68. The first-order valence-electron chi connectivity index (χ1n) is 6.47. The topological polar surface area (TPSA) is 76.4 Å². The lowest BCUT2D eigenvalue weighted by Gasteiger charge is -2.23. The number of likely N-dealkylation sites (N-methyl/N-ethyl adjacent to an activating group) is 1. The van der Waals surface area contributed by atoms with E-state index in [-0.39, 0.29) is 5.56 Å². The molecule has 0 spiro atoms. The van der Waals surface area contributed by atoms with Gasteiger partial charge < -0.3 is 14.0 Å². The monoisotopic (exact) mass is 331 g/mol. The maximum Gasteiger partial charge on any atom is 0.431 e. The highest BCUT2D eigenvalue weighted by Gasteiger charge is 2.80. The van der Waals surface area contributed by atoms with E-state index < -0.39 is 34.7 Å². The number of ether oxygens (including phenoxy) is 2. The van der Waals surface area contributed by atoms with Crippen LogP contribution in [0.25, 0.3) is 0 Å². The van der Waals surface area contributed by atoms with Crippen molar-refractivity contribution in [2.45, 2.75) is 17.6 Å². The summed E-state index contributed by atoms with van der Waals surface area (Å²) >= 11 is 0. The van der Waals surface area contributed by atoms with Gasteiger partial charge in [0, 0.05) is 21.2 Å². The van der Waals surface area contributed by atoms with Gasteiger partial charge in [0.1, 0.15) is 5.69 Å². The predicted octanol–water partition coefficient (Wildman–Crippen LogP) is 0.430. The SMILES string of the molecule is COC12OC1(c1ccc(C(F)(F)F)n(C)c1=O)C=NN(C)C2=O. The van der Waals surface area contributed by atoms with E-state index in [0.29, 0.717) is 4.57 Å². The van der Waals surface area contributed by atoms with Gasteiger partial charge in [0.2, 0.25) is 5.60 Å². The lowest BCUT2D eigenvalue weighted by Crippen LogP contribution is -2.48. The molecule has 0 aliphatic carbocycles. The molecule has 2 unspecified atom stereocenters. The van der Waals surface area contributed by atoms with Gasteiger partial charge in [0.05, 0.1) is 11.8 Å². The van der Waals surface area contributed by atoms with E-state index in [2.05, 4.69) is 5.10 Å². The summed E-state index contributed by atoms with van der Waals surface area (Å²) in [4.78, 5) is 24.5. The molecule has 1 fully saturated rings. The molecule has 124 valence electrons. The van der Waals surface area contributed by atoms with E-state index >= 15 is 0 Å². The van der Waals surface area contributed by atoms with E-state index in [1.807, 2.05) is 0 Å². The number of pyridine rings is 1. The third-order valence-corrected chi connectivity index (χ3v) is 4.02. The normalized spacial score (nSPS) is 29.7. The highest BCUT2D eigenvalue weighted by molar-refractivity contribution is 5.99. The zero-order chi connectivity index (χ0) is 17.2. The number of epoxide rings is 1. The van der Waals surface area contributed by atoms with E-state index in [0.717, 1.165) is 24.2 Å². The van der Waals surface area contributed by atoms with Gasteiger partial charge >= 0.3 is 12.1 Å². The third-order valence-electron chi connectivity index (χ3n) is 4.02. The predicted molar refractivity (Wildman–Crippen MR) is 70.5 cm³/mol. The second-order valence-electron chi connectivity index (χ2n) is 5.23. The molecule has 0 bridgehead atoms. The number of hydrogen-bond acceptors (Lipinski definition) is 5. The van der Waals surface area contributed by atoms with Crippen molar-refractivity contribution in [1.82, 2.24) is 9.58 Å². The van der Waals surface area contributed by atoms with Crippen molar-refractivity contribution >= 4 is 12.1 Å². The van der Waals surface area contributed by atoms with E-state index in [9.17, 15) is 22.8 Å². The second-order valence-corrected chi connectivity index (χ2v) is 5.23. The molecule has 1 aromatic rings. The number of amides is 1. The molecule has 3 rings (SSSR count). The van der Waals surface area contributed by atoms with E-state index in [1.54, 1.807) is 0 Å². The van der Waals surface area contributed by atoms with Crippen molar-refractivity contribution in [3.63, 3.8) is 0 Å². The zero-order valence-electron chi connectivity index (χ0n) is 12.3. The number of nitrogens with zero attached hydrogens (tertiary/aromatic N) is 3. The molecule has 2 atom stereocenters. The molecular weight excluding hydrogens is 319 g/mol. The Balaban J connectivity index is 2.18. The number of alkyl halides is 3. The Hall–Kier alpha value is -2.20. The fraction of sp³-hybridized carbons (Fsp3) is 0.462. The molecular formula is C13H12F3N3O4. The average molecular weight is 331 g/mol. The molecule has 2 aliphatic heterocycles. The molecule has 0 saturated carbocycles. The Labute approximate surface area is 127 Å². The minimum absolute atomic E-state index is 0.153. The first kappa shape index (κ1) is 15.7. The van der Waals surface area contributed by atoms with Crippen LogP contribution in [-0.2, 0) is 33.1 Å². The highest BCUT2D eigenvalue weighted by Crippen LogP contribution is 2.56. The van der Waals surface area contributed by atoms with Crippen LogP contribution >= 0.6 is 0 Å². The van der Waals surface area contributed by atoms with Gasteiger partial charge in [-0.2, -0.15) is 18.3 Å². The molecule has 1 saturated heterocycles. The summed E-state index contributed by atoms with van der Waals surface area (Å²) in [5.41, 5.74) is -3.82. The third kappa shape index (κ3) is 1.81. The van der Waals surface area contributed by atoms with E-state index in [1.165, 1.54) is 20.4 Å². The van der Waals surface area contributed by atoms with Crippen molar-refractivity contribution in [2.24, 2.45) is 12.1 Å². The van der Waals surface area contributed by atoms with Crippen LogP contribution in [0.15, 0.2) is 22.0 Å². The number of rotatable bonds is 2. The largest absolute Gasteiger partial charge is 0.431 e. The molecule has 0 aromatic carbocycles. The van der Waals surface area contributed by atoms with Crippen LogP contribution in [-0.4, -0.2) is 41.6 Å². The lowest BCUT2D eigenvalue weighted by atomic mass is 9.93. The van der Waals surface area contributed by atoms with Crippen LogP contribution in [0.1, 0.15) is 11.3 Å². The molecule has 3 heterocycles. The van der Waals surface area contributed by atoms with Crippen molar-refractivity contribution in [3.8, 4) is 0 Å². The first-order chi connectivity index (χ1) is 10.6. The molecule has 10 heteroatoms. The average Bonchev–Trinajstić information content (AvgIpc) is 3.16. The summed E-state index contributed by atoms with van der Waals surface area (Å²) in [7, 11) is 3.58. The smallest absolute Gasteiger partial charge is 0.343 e. The zero-order valence-corrected chi connectivity index (χ0v) is 12.3. The highest BCUT2D eigenvalue weighted by atomic mass is 19.4. The summed E-state index contributed by atoms with van der Waals surface area (Å²) in [5.74, 6) is -2.43. The molecule has 7 nitrogen and oxygen atoms in total. The van der Waals surface area contributed by atoms with Gasteiger partial charge in [-0.1, -0.05) is 0 Å². The van der Waals surface area contributed by atoms with Crippen molar-refractivity contribution in [1.29, 1.82) is 0 Å². The quantitative estimate of drug-likeness (QED) is 0.737. The van der Waals surface area contributed by atoms with Gasteiger partial charge in [-0.3, -0.25) is 9.59 Å². The van der Waals surface area contributed by atoms with Gasteiger partial charge in [0.25, 0.3) is 11.3 Å². The summed E-state index contributed by atoms with van der Waals surface area (Å²) in [6.45, 7) is 0. The summed E-state index contributed by atoms with van der Waals surface area (Å²) in [5, 5.41) is 4.78. The molecule has 0 N–H and O–H groups in total. The van der Waals surface area contributed by atoms with Crippen molar-refractivity contribution in [3.05, 3.63) is 33.7 Å². The lowest BCUT2D eigenvalue weighted by molar-refractivity contribution is -0.153. The van der Waals surface area contributed by atoms with Crippen LogP contribution in [0.4, 0.5) is 13.2 Å². The summed E-state index contributed by atoms with van der Waals surface area (Å²) in [6.07, 6.45) is -3.49. The molecule has 1 aromatic heterocycles. The van der Waals surface area contributed by atoms with Crippen molar-refractivity contribution < 1.29 is 27.4 Å². The number of carbonyl (C=O) groups is 1. The summed E-state index contributed by atoms with van der Waals surface area (Å²) < 4.78 is 49.5. The van der Waals surface area contributed by atoms with Gasteiger partial charge in [-0.25, -0.2) is 5.01 Å². The minimum Gasteiger partial charge on any atom is -0.343 e. The number of hydrogen-bond donors (Lipinski definition) is 0. The summed E-state index contributed by atoms with van der Waals surface area (Å²) in [6, 6.07) is 1.74. The molecule has 1 amide bonds. The van der Waals surface area contributed by atoms with Gasteiger partial charge in [0.15, 0.2) is 0 Å². The second kappa shape index (κ2) is 4.42. The number of halogens is 3. The Morgan fingerprint density at radius 2 is 1.91 bits per heavy atom. The van der Waals surface area contributed by atoms with Crippen LogP contribution in [0.3, 0.4) is 0 Å². The molecule has 23 heavy (non-hydrogen) atoms. The van der Waals surface area contributed by atoms with Gasteiger partial charge in [-0.15, -0.1) is 0 Å². The Kier molecular flexibility index (Phi) is 3.01. The molecule has 0 radical (unpaired) electrons. The number of methoxy groups -OCH3 is 1. The Morgan fingerprint density at radius 3 is 2.48 bits per heavy atom. The van der Waals surface area contributed by atoms with Crippen LogP contribution in [0, 0.1) is 0 Å². The molecule has 2 aliphatic rings. The Bertz CT molecular complexity index is 788. The van der Waals surface area contributed by atoms with Crippen LogP contribution in [0.2, 0.25) is 0 Å². The first-order valence-corrected chi connectivity index (χ1v) is 6.47. The number of aromatic nitrogens is 1. The fourth-order valence-electron chi connectivity index (χ4n) is 2.73. The van der Waals surface area contributed by atoms with Crippen LogP contribution < -0.4 is 5.56 Å². The number of carbonyl (C=O) groups excluding carboxylic acids is 1. The van der Waals surface area contributed by atoms with E-state index in [4.69, 9.17) is 9.47 Å². The standard InChI is InChI=1S/C13H12F3N3O4/c1-18-8(13(14,15)16)5-4-7(9(18)20)11-6-17-19(2)10(21)12(11,22-3)23-11/h4-6H,1-3H3. The number of fused-ring (bicyclic) bond motifs is 1. The maximum atomic E-state index is 12.9. The number of hydrazone groups is 1.